The smallest absolute Gasteiger partial charge is 0.340 e. The highest BCUT2D eigenvalue weighted by molar-refractivity contribution is 6.07. The molecule has 1 N–H and O–H groups in total. The van der Waals surface area contributed by atoms with Gasteiger partial charge < -0.3 is 14.4 Å². The second kappa shape index (κ2) is 7.04. The minimum Gasteiger partial charge on any atom is -0.508 e. The molecule has 5 nitrogen and oxygen atoms in total. The van der Waals surface area contributed by atoms with E-state index in [1.54, 1.807) is 13.0 Å². The maximum absolute atomic E-state index is 12.5. The van der Waals surface area contributed by atoms with Crippen LogP contribution in [0.25, 0.3) is 10.9 Å². The zero-order valence-electron chi connectivity index (χ0n) is 14.6. The van der Waals surface area contributed by atoms with Gasteiger partial charge in [0.1, 0.15) is 5.75 Å². The Hall–Kier alpha value is -2.01. The number of phenols is 1. The topological polar surface area (TPSA) is 54.7 Å². The number of fused-ring (bicyclic) bond motifs is 1. The monoisotopic (exact) mass is 318 g/mol. The molecule has 126 valence electrons. The van der Waals surface area contributed by atoms with Gasteiger partial charge in [0.05, 0.1) is 12.2 Å². The van der Waals surface area contributed by atoms with Gasteiger partial charge in [-0.3, -0.25) is 4.90 Å². The molecule has 0 saturated heterocycles. The summed E-state index contributed by atoms with van der Waals surface area (Å²) in [5.41, 5.74) is 3.13. The maximum atomic E-state index is 12.5. The first kappa shape index (κ1) is 17.3. The molecule has 0 amide bonds. The molecule has 1 aromatic carbocycles. The number of aromatic nitrogens is 1. The lowest BCUT2D eigenvalue weighted by atomic mass is 10.0. The van der Waals surface area contributed by atoms with Gasteiger partial charge >= 0.3 is 5.97 Å². The molecule has 0 radical (unpaired) electrons. The maximum Gasteiger partial charge on any atom is 0.340 e. The standard InChI is InChI=1S/C18H26N2O3/c1-6-20(7-2)11-13-15(21)10-9-14-17(13)16(12(4)19(14)5)18(22)23-8-3/h9-10,21H,6-8,11H2,1-5H3. The molecule has 0 aliphatic rings. The number of nitrogens with zero attached hydrogens (tertiary/aromatic N) is 2. The van der Waals surface area contributed by atoms with E-state index in [0.717, 1.165) is 35.2 Å². The Labute approximate surface area is 137 Å². The molecule has 0 fully saturated rings. The molecule has 0 aliphatic heterocycles. The van der Waals surface area contributed by atoms with E-state index in [0.29, 0.717) is 18.7 Å². The van der Waals surface area contributed by atoms with Crippen molar-refractivity contribution in [3.63, 3.8) is 0 Å². The van der Waals surface area contributed by atoms with Gasteiger partial charge in [-0.1, -0.05) is 13.8 Å². The van der Waals surface area contributed by atoms with Crippen molar-refractivity contribution < 1.29 is 14.6 Å². The number of aryl methyl sites for hydroxylation is 1. The summed E-state index contributed by atoms with van der Waals surface area (Å²) in [7, 11) is 1.93. The predicted molar refractivity (Wildman–Crippen MR) is 91.9 cm³/mol. The average Bonchev–Trinajstić information content (AvgIpc) is 2.79. The molecule has 0 bridgehead atoms. The summed E-state index contributed by atoms with van der Waals surface area (Å²) >= 11 is 0. The number of carbonyl (C=O) groups is 1. The second-order valence-corrected chi connectivity index (χ2v) is 5.66. The van der Waals surface area contributed by atoms with Crippen molar-refractivity contribution in [1.29, 1.82) is 0 Å². The van der Waals surface area contributed by atoms with Crippen LogP contribution < -0.4 is 0 Å². The van der Waals surface area contributed by atoms with E-state index in [9.17, 15) is 9.90 Å². The molecule has 0 unspecified atom stereocenters. The van der Waals surface area contributed by atoms with Crippen molar-refractivity contribution in [2.75, 3.05) is 19.7 Å². The fourth-order valence-electron chi connectivity index (χ4n) is 3.00. The molecular formula is C18H26N2O3. The van der Waals surface area contributed by atoms with Gasteiger partial charge in [-0.15, -0.1) is 0 Å². The van der Waals surface area contributed by atoms with E-state index in [1.165, 1.54) is 0 Å². The lowest BCUT2D eigenvalue weighted by Gasteiger charge is -2.19. The van der Waals surface area contributed by atoms with Crippen LogP contribution in [-0.2, 0) is 18.3 Å². The number of phenolic OH excluding ortho intramolecular Hbond substituents is 1. The molecule has 0 saturated carbocycles. The zero-order chi connectivity index (χ0) is 17.1. The third-order valence-corrected chi connectivity index (χ3v) is 4.50. The van der Waals surface area contributed by atoms with Crippen LogP contribution in [0.4, 0.5) is 0 Å². The summed E-state index contributed by atoms with van der Waals surface area (Å²) in [4.78, 5) is 14.7. The third-order valence-electron chi connectivity index (χ3n) is 4.50. The van der Waals surface area contributed by atoms with Crippen LogP contribution in [0, 0.1) is 6.92 Å². The summed E-state index contributed by atoms with van der Waals surface area (Å²) in [5, 5.41) is 11.2. The summed E-state index contributed by atoms with van der Waals surface area (Å²) in [6, 6.07) is 3.56. The van der Waals surface area contributed by atoms with E-state index in [2.05, 4.69) is 18.7 Å². The fourth-order valence-corrected chi connectivity index (χ4v) is 3.00. The Bertz CT molecular complexity index is 715. The minimum absolute atomic E-state index is 0.223. The molecule has 2 rings (SSSR count). The molecule has 0 atom stereocenters. The van der Waals surface area contributed by atoms with E-state index in [-0.39, 0.29) is 11.7 Å². The first-order chi connectivity index (χ1) is 11.0. The number of hydrogen-bond donors (Lipinski definition) is 1. The van der Waals surface area contributed by atoms with Crippen molar-refractivity contribution in [2.24, 2.45) is 7.05 Å². The number of hydrogen-bond acceptors (Lipinski definition) is 4. The average molecular weight is 318 g/mol. The fraction of sp³-hybridized carbons (Fsp3) is 0.500. The molecule has 1 aromatic heterocycles. The number of aromatic hydroxyl groups is 1. The Balaban J connectivity index is 2.72. The Morgan fingerprint density at radius 2 is 1.91 bits per heavy atom. The van der Waals surface area contributed by atoms with Crippen LogP contribution in [0.3, 0.4) is 0 Å². The van der Waals surface area contributed by atoms with Crippen molar-refractivity contribution in [1.82, 2.24) is 9.47 Å². The van der Waals surface area contributed by atoms with Gasteiger partial charge in [-0.25, -0.2) is 4.79 Å². The Morgan fingerprint density at radius 1 is 1.26 bits per heavy atom. The van der Waals surface area contributed by atoms with Gasteiger partial charge in [0.2, 0.25) is 0 Å². The van der Waals surface area contributed by atoms with E-state index in [4.69, 9.17) is 4.74 Å². The minimum atomic E-state index is -0.331. The zero-order valence-corrected chi connectivity index (χ0v) is 14.6. The van der Waals surface area contributed by atoms with Crippen molar-refractivity contribution in [3.8, 4) is 5.75 Å². The highest BCUT2D eigenvalue weighted by Gasteiger charge is 2.24. The van der Waals surface area contributed by atoms with E-state index < -0.39 is 0 Å². The first-order valence-electron chi connectivity index (χ1n) is 8.15. The number of benzene rings is 1. The number of ether oxygens (including phenoxy) is 1. The van der Waals surface area contributed by atoms with Crippen LogP contribution in [-0.4, -0.2) is 40.2 Å². The number of carbonyl (C=O) groups excluding carboxylic acids is 1. The van der Waals surface area contributed by atoms with Gasteiger partial charge in [-0.05, 0) is 39.1 Å². The molecule has 0 spiro atoms. The quantitative estimate of drug-likeness (QED) is 0.831. The van der Waals surface area contributed by atoms with E-state index in [1.807, 2.05) is 24.6 Å². The summed E-state index contributed by atoms with van der Waals surface area (Å²) in [5.74, 6) is -0.109. The molecule has 0 aliphatic carbocycles. The van der Waals surface area contributed by atoms with Crippen molar-refractivity contribution >= 4 is 16.9 Å². The highest BCUT2D eigenvalue weighted by Crippen LogP contribution is 2.34. The molecule has 5 heteroatoms. The van der Waals surface area contributed by atoms with E-state index >= 15 is 0 Å². The summed E-state index contributed by atoms with van der Waals surface area (Å²) < 4.78 is 7.21. The van der Waals surface area contributed by atoms with Gasteiger partial charge in [-0.2, -0.15) is 0 Å². The van der Waals surface area contributed by atoms with Gasteiger partial charge in [0.25, 0.3) is 0 Å². The van der Waals surface area contributed by atoms with Crippen LogP contribution in [0.5, 0.6) is 5.75 Å². The van der Waals surface area contributed by atoms with Crippen molar-refractivity contribution in [2.45, 2.75) is 34.2 Å². The lowest BCUT2D eigenvalue weighted by Crippen LogP contribution is -2.22. The molecule has 23 heavy (non-hydrogen) atoms. The Morgan fingerprint density at radius 3 is 2.48 bits per heavy atom. The van der Waals surface area contributed by atoms with Gasteiger partial charge in [0.15, 0.2) is 0 Å². The van der Waals surface area contributed by atoms with Crippen LogP contribution in [0.1, 0.15) is 42.4 Å². The SMILES string of the molecule is CCOC(=O)c1c(C)n(C)c2ccc(O)c(CN(CC)CC)c12. The van der Waals surface area contributed by atoms with Crippen LogP contribution >= 0.6 is 0 Å². The predicted octanol–water partition coefficient (Wildman–Crippen LogP) is 3.21. The largest absolute Gasteiger partial charge is 0.508 e. The summed E-state index contributed by atoms with van der Waals surface area (Å²) in [6.45, 7) is 10.6. The molecule has 1 heterocycles. The number of rotatable bonds is 6. The van der Waals surface area contributed by atoms with Crippen LogP contribution in [0.15, 0.2) is 12.1 Å². The normalized spacial score (nSPS) is 11.4. The highest BCUT2D eigenvalue weighted by atomic mass is 16.5. The van der Waals surface area contributed by atoms with Crippen molar-refractivity contribution in [3.05, 3.63) is 29.0 Å². The first-order valence-corrected chi connectivity index (χ1v) is 8.15. The molecule has 2 aromatic rings. The lowest BCUT2D eigenvalue weighted by molar-refractivity contribution is 0.0527. The second-order valence-electron chi connectivity index (χ2n) is 5.66. The molecular weight excluding hydrogens is 292 g/mol. The Kier molecular flexibility index (Phi) is 5.31. The van der Waals surface area contributed by atoms with Gasteiger partial charge in [0, 0.05) is 35.8 Å². The number of esters is 1. The summed E-state index contributed by atoms with van der Waals surface area (Å²) in [6.07, 6.45) is 0. The third kappa shape index (κ3) is 3.06. The van der Waals surface area contributed by atoms with Crippen LogP contribution in [0.2, 0.25) is 0 Å².